The van der Waals surface area contributed by atoms with Gasteiger partial charge in [-0.1, -0.05) is 48.5 Å². The van der Waals surface area contributed by atoms with Crippen molar-refractivity contribution in [2.45, 2.75) is 6.92 Å². The monoisotopic (exact) mass is 277 g/mol. The van der Waals surface area contributed by atoms with Gasteiger partial charge in [-0.05, 0) is 30.2 Å². The van der Waals surface area contributed by atoms with Gasteiger partial charge < -0.3 is 5.73 Å². The number of rotatable bonds is 2. The molecule has 0 bridgehead atoms. The van der Waals surface area contributed by atoms with Crippen LogP contribution in [0.5, 0.6) is 0 Å². The molecular formula is C17H15N3O. The number of carbonyl (C=O) groups excluding carboxylic acids is 1. The first-order chi connectivity index (χ1) is 10.2. The predicted molar refractivity (Wildman–Crippen MR) is 84.6 cm³/mol. The third-order valence-electron chi connectivity index (χ3n) is 3.45. The van der Waals surface area contributed by atoms with Crippen molar-refractivity contribution in [3.63, 3.8) is 0 Å². The van der Waals surface area contributed by atoms with Crippen molar-refractivity contribution in [2.75, 3.05) is 5.01 Å². The van der Waals surface area contributed by atoms with E-state index in [4.69, 9.17) is 5.73 Å². The average molecular weight is 277 g/mol. The molecular weight excluding hydrogens is 262 g/mol. The average Bonchev–Trinajstić information content (AvgIpc) is 2.83. The van der Waals surface area contributed by atoms with Gasteiger partial charge in [0.05, 0.1) is 11.3 Å². The summed E-state index contributed by atoms with van der Waals surface area (Å²) in [5.74, 6) is 0.0604. The molecule has 0 saturated carbocycles. The summed E-state index contributed by atoms with van der Waals surface area (Å²) in [7, 11) is 0. The maximum atomic E-state index is 12.6. The van der Waals surface area contributed by atoms with E-state index in [9.17, 15) is 4.79 Å². The zero-order valence-corrected chi connectivity index (χ0v) is 11.7. The van der Waals surface area contributed by atoms with Crippen LogP contribution >= 0.6 is 0 Å². The maximum Gasteiger partial charge on any atom is 0.282 e. The van der Waals surface area contributed by atoms with Crippen molar-refractivity contribution >= 4 is 23.0 Å². The van der Waals surface area contributed by atoms with Gasteiger partial charge in [0.15, 0.2) is 5.84 Å². The minimum atomic E-state index is -0.194. The largest absolute Gasteiger partial charge is 0.382 e. The summed E-state index contributed by atoms with van der Waals surface area (Å²) >= 11 is 0. The summed E-state index contributed by atoms with van der Waals surface area (Å²) in [5, 5.41) is 5.53. The van der Waals surface area contributed by atoms with Gasteiger partial charge in [-0.15, -0.1) is 5.10 Å². The van der Waals surface area contributed by atoms with Crippen LogP contribution in [0.25, 0.3) is 5.57 Å². The van der Waals surface area contributed by atoms with Gasteiger partial charge in [0.2, 0.25) is 0 Å². The minimum Gasteiger partial charge on any atom is -0.382 e. The molecule has 0 aliphatic carbocycles. The first kappa shape index (κ1) is 13.1. The summed E-state index contributed by atoms with van der Waals surface area (Å²) in [4.78, 5) is 12.6. The standard InChI is InChI=1S/C17H15N3O/c1-12(13-8-4-2-5-9-13)15-16(18)19-20(17(15)21)14-10-6-3-7-11-14/h2-11H,1H3,(H2,18,19)/b15-12-. The van der Waals surface area contributed by atoms with Crippen LogP contribution < -0.4 is 10.7 Å². The van der Waals surface area contributed by atoms with E-state index >= 15 is 0 Å². The van der Waals surface area contributed by atoms with Crippen molar-refractivity contribution in [3.8, 4) is 0 Å². The van der Waals surface area contributed by atoms with Crippen LogP contribution in [0, 0.1) is 0 Å². The molecule has 21 heavy (non-hydrogen) atoms. The van der Waals surface area contributed by atoms with E-state index in [1.165, 1.54) is 5.01 Å². The highest BCUT2D eigenvalue weighted by Crippen LogP contribution is 2.27. The number of anilines is 1. The predicted octanol–water partition coefficient (Wildman–Crippen LogP) is 2.78. The smallest absolute Gasteiger partial charge is 0.282 e. The van der Waals surface area contributed by atoms with Crippen LogP contribution in [0.15, 0.2) is 71.3 Å². The molecule has 4 heteroatoms. The van der Waals surface area contributed by atoms with Gasteiger partial charge in [0, 0.05) is 0 Å². The first-order valence-corrected chi connectivity index (χ1v) is 6.68. The fraction of sp³-hybridized carbons (Fsp3) is 0.0588. The Morgan fingerprint density at radius 1 is 1.00 bits per heavy atom. The Kier molecular flexibility index (Phi) is 3.28. The summed E-state index contributed by atoms with van der Waals surface area (Å²) < 4.78 is 0. The van der Waals surface area contributed by atoms with Gasteiger partial charge >= 0.3 is 0 Å². The number of amides is 1. The molecule has 1 aliphatic rings. The van der Waals surface area contributed by atoms with Crippen molar-refractivity contribution in [1.82, 2.24) is 0 Å². The van der Waals surface area contributed by atoms with Gasteiger partial charge in [-0.3, -0.25) is 4.79 Å². The van der Waals surface area contributed by atoms with E-state index in [0.717, 1.165) is 11.1 Å². The topological polar surface area (TPSA) is 58.7 Å². The van der Waals surface area contributed by atoms with Gasteiger partial charge in [0.25, 0.3) is 5.91 Å². The molecule has 3 rings (SSSR count). The Morgan fingerprint density at radius 3 is 2.19 bits per heavy atom. The van der Waals surface area contributed by atoms with Crippen LogP contribution in [0.3, 0.4) is 0 Å². The lowest BCUT2D eigenvalue weighted by atomic mass is 10.0. The lowest BCUT2D eigenvalue weighted by Gasteiger charge is -2.11. The Balaban J connectivity index is 2.04. The molecule has 0 saturated heterocycles. The third kappa shape index (κ3) is 2.31. The molecule has 1 heterocycles. The van der Waals surface area contributed by atoms with E-state index in [2.05, 4.69) is 5.10 Å². The number of nitrogens with zero attached hydrogens (tertiary/aromatic N) is 2. The zero-order valence-electron chi connectivity index (χ0n) is 11.7. The van der Waals surface area contributed by atoms with Crippen molar-refractivity contribution in [1.29, 1.82) is 0 Å². The van der Waals surface area contributed by atoms with E-state index in [-0.39, 0.29) is 11.7 Å². The summed E-state index contributed by atoms with van der Waals surface area (Å²) in [6.45, 7) is 1.89. The highest BCUT2D eigenvalue weighted by molar-refractivity contribution is 6.33. The van der Waals surface area contributed by atoms with E-state index in [1.54, 1.807) is 0 Å². The fourth-order valence-electron chi connectivity index (χ4n) is 2.35. The SMILES string of the molecule is C/C(=C1/C(=O)N(c2ccccc2)N=C1N)c1ccccc1. The second-order valence-electron chi connectivity index (χ2n) is 4.80. The molecule has 1 amide bonds. The number of hydrazone groups is 1. The Bertz CT molecular complexity index is 733. The fourth-order valence-corrected chi connectivity index (χ4v) is 2.35. The number of hydrogen-bond acceptors (Lipinski definition) is 3. The number of allylic oxidation sites excluding steroid dienone is 1. The molecule has 0 spiro atoms. The van der Waals surface area contributed by atoms with Gasteiger partial charge in [-0.2, -0.15) is 5.01 Å². The second-order valence-corrected chi connectivity index (χ2v) is 4.80. The van der Waals surface area contributed by atoms with E-state index in [1.807, 2.05) is 67.6 Å². The molecule has 0 radical (unpaired) electrons. The lowest BCUT2D eigenvalue weighted by molar-refractivity contribution is -0.114. The molecule has 0 unspecified atom stereocenters. The number of benzene rings is 2. The van der Waals surface area contributed by atoms with Gasteiger partial charge in [-0.25, -0.2) is 0 Å². The molecule has 2 aromatic carbocycles. The number of hydrogen-bond donors (Lipinski definition) is 1. The Labute approximate surface area is 123 Å². The molecule has 0 aromatic heterocycles. The van der Waals surface area contributed by atoms with E-state index < -0.39 is 0 Å². The summed E-state index contributed by atoms with van der Waals surface area (Å²) in [5.41, 5.74) is 8.94. The Morgan fingerprint density at radius 2 is 1.57 bits per heavy atom. The molecule has 4 nitrogen and oxygen atoms in total. The van der Waals surface area contributed by atoms with Crippen LogP contribution in [0.4, 0.5) is 5.69 Å². The normalized spacial score (nSPS) is 16.9. The number of carbonyl (C=O) groups is 1. The second kappa shape index (κ2) is 5.25. The number of nitrogens with two attached hydrogens (primary N) is 1. The van der Waals surface area contributed by atoms with Gasteiger partial charge in [0.1, 0.15) is 0 Å². The van der Waals surface area contributed by atoms with Crippen LogP contribution in [0.1, 0.15) is 12.5 Å². The molecule has 1 aliphatic heterocycles. The number of para-hydroxylation sites is 1. The van der Waals surface area contributed by atoms with Crippen LogP contribution in [-0.2, 0) is 4.79 Å². The molecule has 104 valence electrons. The van der Waals surface area contributed by atoms with Crippen molar-refractivity contribution < 1.29 is 4.79 Å². The first-order valence-electron chi connectivity index (χ1n) is 6.68. The van der Waals surface area contributed by atoms with Crippen molar-refractivity contribution in [2.24, 2.45) is 10.8 Å². The molecule has 2 N–H and O–H groups in total. The molecule has 0 fully saturated rings. The Hall–Kier alpha value is -2.88. The highest BCUT2D eigenvalue weighted by atomic mass is 16.2. The quantitative estimate of drug-likeness (QED) is 0.858. The molecule has 2 aromatic rings. The molecule has 0 atom stereocenters. The maximum absolute atomic E-state index is 12.6. The van der Waals surface area contributed by atoms with E-state index in [0.29, 0.717) is 11.3 Å². The van der Waals surface area contributed by atoms with Crippen LogP contribution in [-0.4, -0.2) is 11.7 Å². The van der Waals surface area contributed by atoms with Crippen LogP contribution in [0.2, 0.25) is 0 Å². The summed E-state index contributed by atoms with van der Waals surface area (Å²) in [6, 6.07) is 19.0. The zero-order chi connectivity index (χ0) is 14.8. The summed E-state index contributed by atoms with van der Waals surface area (Å²) in [6.07, 6.45) is 0. The third-order valence-corrected chi connectivity index (χ3v) is 3.45. The highest BCUT2D eigenvalue weighted by Gasteiger charge is 2.31. The number of amidine groups is 1. The lowest BCUT2D eigenvalue weighted by Crippen LogP contribution is -2.23. The van der Waals surface area contributed by atoms with Crippen molar-refractivity contribution in [3.05, 3.63) is 71.8 Å². The minimum absolute atomic E-state index is 0.194.